The van der Waals surface area contributed by atoms with Crippen molar-refractivity contribution < 1.29 is 4.74 Å². The summed E-state index contributed by atoms with van der Waals surface area (Å²) in [5.41, 5.74) is 7.36. The molecule has 0 aliphatic rings. The Labute approximate surface area is 110 Å². The summed E-state index contributed by atoms with van der Waals surface area (Å²) in [6.07, 6.45) is 1.92. The van der Waals surface area contributed by atoms with Crippen molar-refractivity contribution in [2.75, 3.05) is 7.11 Å². The Kier molecular flexibility index (Phi) is 4.98. The molecule has 1 aromatic rings. The molecule has 1 rings (SSSR count). The maximum atomic E-state index is 6.17. The largest absolute Gasteiger partial charge is 0.379 e. The summed E-state index contributed by atoms with van der Waals surface area (Å²) < 4.78 is 6.58. The molecule has 2 nitrogen and oxygen atoms in total. The lowest BCUT2D eigenvalue weighted by atomic mass is 9.98. The van der Waals surface area contributed by atoms with Crippen LogP contribution in [0, 0.1) is 6.92 Å². The van der Waals surface area contributed by atoms with E-state index in [1.807, 2.05) is 0 Å². The van der Waals surface area contributed by atoms with Gasteiger partial charge in [-0.25, -0.2) is 0 Å². The maximum absolute atomic E-state index is 6.17. The molecule has 1 aromatic heterocycles. The van der Waals surface area contributed by atoms with Gasteiger partial charge in [0.2, 0.25) is 0 Å². The molecule has 0 aliphatic heterocycles. The van der Waals surface area contributed by atoms with Gasteiger partial charge in [0.15, 0.2) is 0 Å². The zero-order chi connectivity index (χ0) is 12.3. The standard InChI is InChI=1S/C12H20BrNOS/c1-8-7-10(16-11(8)13)9(14)5-6-12(2,3)15-4/h7,9H,5-6,14H2,1-4H3. The topological polar surface area (TPSA) is 35.2 Å². The van der Waals surface area contributed by atoms with Crippen molar-refractivity contribution in [3.63, 3.8) is 0 Å². The summed E-state index contributed by atoms with van der Waals surface area (Å²) in [7, 11) is 1.75. The Bertz CT molecular complexity index is 329. The van der Waals surface area contributed by atoms with E-state index in [1.54, 1.807) is 18.4 Å². The average molecular weight is 306 g/mol. The third-order valence-electron chi connectivity index (χ3n) is 2.85. The fourth-order valence-electron chi connectivity index (χ4n) is 1.41. The molecule has 0 saturated heterocycles. The fraction of sp³-hybridized carbons (Fsp3) is 0.667. The van der Waals surface area contributed by atoms with Crippen LogP contribution in [0.5, 0.6) is 0 Å². The molecule has 4 heteroatoms. The number of methoxy groups -OCH3 is 1. The summed E-state index contributed by atoms with van der Waals surface area (Å²) in [6, 6.07) is 2.28. The molecule has 0 radical (unpaired) electrons. The van der Waals surface area contributed by atoms with Crippen molar-refractivity contribution in [2.45, 2.75) is 45.3 Å². The zero-order valence-corrected chi connectivity index (χ0v) is 12.7. The molecule has 0 bridgehead atoms. The van der Waals surface area contributed by atoms with Crippen molar-refractivity contribution in [3.8, 4) is 0 Å². The van der Waals surface area contributed by atoms with Crippen LogP contribution >= 0.6 is 27.3 Å². The molecule has 1 atom stereocenters. The van der Waals surface area contributed by atoms with E-state index in [9.17, 15) is 0 Å². The second kappa shape index (κ2) is 5.63. The number of nitrogens with two attached hydrogens (primary N) is 1. The second-order valence-electron chi connectivity index (χ2n) is 4.71. The van der Waals surface area contributed by atoms with Gasteiger partial charge in [0, 0.05) is 18.0 Å². The monoisotopic (exact) mass is 305 g/mol. The minimum atomic E-state index is -0.0822. The van der Waals surface area contributed by atoms with Gasteiger partial charge in [0.25, 0.3) is 0 Å². The van der Waals surface area contributed by atoms with Crippen molar-refractivity contribution >= 4 is 27.3 Å². The summed E-state index contributed by atoms with van der Waals surface area (Å²) in [4.78, 5) is 1.25. The van der Waals surface area contributed by atoms with Crippen LogP contribution in [0.25, 0.3) is 0 Å². The molecule has 92 valence electrons. The van der Waals surface area contributed by atoms with Crippen molar-refractivity contribution in [1.82, 2.24) is 0 Å². The minimum Gasteiger partial charge on any atom is -0.379 e. The number of hydrogen-bond donors (Lipinski definition) is 1. The van der Waals surface area contributed by atoms with E-state index in [2.05, 4.69) is 42.8 Å². The number of ether oxygens (including phenoxy) is 1. The molecule has 0 saturated carbocycles. The smallest absolute Gasteiger partial charge is 0.0731 e. The highest BCUT2D eigenvalue weighted by Crippen LogP contribution is 2.33. The highest BCUT2D eigenvalue weighted by Gasteiger charge is 2.19. The first-order chi connectivity index (χ1) is 7.35. The van der Waals surface area contributed by atoms with Crippen LogP contribution in [0.3, 0.4) is 0 Å². The zero-order valence-electron chi connectivity index (χ0n) is 10.3. The first kappa shape index (κ1) is 14.2. The Hall–Kier alpha value is 0.1000. The van der Waals surface area contributed by atoms with Gasteiger partial charge in [0.05, 0.1) is 9.39 Å². The number of halogens is 1. The molecule has 0 spiro atoms. The molecule has 0 amide bonds. The van der Waals surface area contributed by atoms with Gasteiger partial charge in [-0.1, -0.05) is 0 Å². The molecule has 2 N–H and O–H groups in total. The van der Waals surface area contributed by atoms with Gasteiger partial charge in [-0.2, -0.15) is 0 Å². The Morgan fingerprint density at radius 1 is 1.56 bits per heavy atom. The lowest BCUT2D eigenvalue weighted by molar-refractivity contribution is 0.0125. The minimum absolute atomic E-state index is 0.0822. The summed E-state index contributed by atoms with van der Waals surface area (Å²) in [6.45, 7) is 6.28. The third kappa shape index (κ3) is 3.84. The lowest BCUT2D eigenvalue weighted by Gasteiger charge is -2.24. The quantitative estimate of drug-likeness (QED) is 0.891. The number of aryl methyl sites for hydroxylation is 1. The predicted molar refractivity (Wildman–Crippen MR) is 74.0 cm³/mol. The molecule has 16 heavy (non-hydrogen) atoms. The van der Waals surface area contributed by atoms with E-state index < -0.39 is 0 Å². The van der Waals surface area contributed by atoms with Crippen LogP contribution in [0.4, 0.5) is 0 Å². The molecule has 0 aromatic carbocycles. The molecule has 0 fully saturated rings. The van der Waals surface area contributed by atoms with E-state index in [1.165, 1.54) is 14.2 Å². The first-order valence-corrected chi connectivity index (χ1v) is 7.03. The molecular weight excluding hydrogens is 286 g/mol. The van der Waals surface area contributed by atoms with Gasteiger partial charge >= 0.3 is 0 Å². The first-order valence-electron chi connectivity index (χ1n) is 5.42. The van der Waals surface area contributed by atoms with Crippen LogP contribution in [0.15, 0.2) is 9.85 Å². The molecule has 1 heterocycles. The summed E-state index contributed by atoms with van der Waals surface area (Å²) in [5.74, 6) is 0. The summed E-state index contributed by atoms with van der Waals surface area (Å²) in [5, 5.41) is 0. The van der Waals surface area contributed by atoms with Gasteiger partial charge < -0.3 is 10.5 Å². The van der Waals surface area contributed by atoms with Gasteiger partial charge in [-0.3, -0.25) is 0 Å². The highest BCUT2D eigenvalue weighted by molar-refractivity contribution is 9.11. The van der Waals surface area contributed by atoms with E-state index in [0.717, 1.165) is 12.8 Å². The van der Waals surface area contributed by atoms with Crippen LogP contribution in [-0.2, 0) is 4.74 Å². The average Bonchev–Trinajstić information content (AvgIpc) is 2.56. The van der Waals surface area contributed by atoms with Crippen molar-refractivity contribution in [3.05, 3.63) is 20.3 Å². The normalized spacial score (nSPS) is 14.1. The number of rotatable bonds is 5. The second-order valence-corrected chi connectivity index (χ2v) is 7.12. The predicted octanol–water partition coefficient (Wildman–Crippen LogP) is 4.02. The SMILES string of the molecule is COC(C)(C)CCC(N)c1cc(C)c(Br)s1. The van der Waals surface area contributed by atoms with Crippen molar-refractivity contribution in [2.24, 2.45) is 5.73 Å². The van der Waals surface area contributed by atoms with Crippen LogP contribution in [0.1, 0.15) is 43.2 Å². The highest BCUT2D eigenvalue weighted by atomic mass is 79.9. The van der Waals surface area contributed by atoms with Gasteiger partial charge in [0.1, 0.15) is 0 Å². The van der Waals surface area contributed by atoms with Gasteiger partial charge in [-0.15, -0.1) is 11.3 Å². The Balaban J connectivity index is 2.56. The molecule has 1 unspecified atom stereocenters. The Morgan fingerprint density at radius 2 is 2.19 bits per heavy atom. The van der Waals surface area contributed by atoms with Crippen LogP contribution < -0.4 is 5.73 Å². The Morgan fingerprint density at radius 3 is 2.62 bits per heavy atom. The van der Waals surface area contributed by atoms with E-state index in [-0.39, 0.29) is 11.6 Å². The molecular formula is C12H20BrNOS. The van der Waals surface area contributed by atoms with Crippen LogP contribution in [-0.4, -0.2) is 12.7 Å². The maximum Gasteiger partial charge on any atom is 0.0731 e. The van der Waals surface area contributed by atoms with Crippen LogP contribution in [0.2, 0.25) is 0 Å². The number of hydrogen-bond acceptors (Lipinski definition) is 3. The molecule has 0 aliphatic carbocycles. The van der Waals surface area contributed by atoms with E-state index >= 15 is 0 Å². The van der Waals surface area contributed by atoms with E-state index in [0.29, 0.717) is 0 Å². The summed E-state index contributed by atoms with van der Waals surface area (Å²) >= 11 is 5.26. The number of thiophene rings is 1. The van der Waals surface area contributed by atoms with Crippen molar-refractivity contribution in [1.29, 1.82) is 0 Å². The lowest BCUT2D eigenvalue weighted by Crippen LogP contribution is -2.24. The van der Waals surface area contributed by atoms with Gasteiger partial charge in [-0.05, 0) is 61.2 Å². The third-order valence-corrected chi connectivity index (χ3v) is 5.12. The fourth-order valence-corrected chi connectivity index (χ4v) is 3.02. The van der Waals surface area contributed by atoms with E-state index in [4.69, 9.17) is 10.5 Å².